The fourth-order valence-electron chi connectivity index (χ4n) is 0.885. The highest BCUT2D eigenvalue weighted by molar-refractivity contribution is 7.88. The van der Waals surface area contributed by atoms with Crippen molar-refractivity contribution in [2.24, 2.45) is 4.99 Å². The second-order valence-corrected chi connectivity index (χ2v) is 4.14. The Morgan fingerprint density at radius 3 is 3.20 bits per heavy atom. The summed E-state index contributed by atoms with van der Waals surface area (Å²) in [5.74, 6) is 0. The number of hydrogen-bond donors (Lipinski definition) is 0. The number of hydrogen-bond acceptors (Lipinski definition) is 4. The van der Waals surface area contributed by atoms with Crippen molar-refractivity contribution in [1.29, 1.82) is 0 Å². The van der Waals surface area contributed by atoms with Gasteiger partial charge in [-0.25, -0.2) is 9.20 Å². The zero-order valence-corrected chi connectivity index (χ0v) is 9.63. The van der Waals surface area contributed by atoms with Crippen LogP contribution in [0.5, 0.6) is 0 Å². The Morgan fingerprint density at radius 2 is 2.53 bits per heavy atom. The quantitative estimate of drug-likeness (QED) is 0.448. The molecule has 0 saturated heterocycles. The molecule has 0 bridgehead atoms. The summed E-state index contributed by atoms with van der Waals surface area (Å²) in [6.45, 7) is 0.588. The van der Waals surface area contributed by atoms with Crippen LogP contribution in [0.1, 0.15) is 6.42 Å². The van der Waals surface area contributed by atoms with E-state index in [9.17, 15) is 4.21 Å². The molecule has 0 aliphatic rings. The van der Waals surface area contributed by atoms with Crippen molar-refractivity contribution in [2.45, 2.75) is 11.3 Å². The lowest BCUT2D eigenvalue weighted by atomic mass is 10.4. The number of nitrogens with zero attached hydrogens (tertiary/aromatic N) is 2. The summed E-state index contributed by atoms with van der Waals surface area (Å²) in [6.07, 6.45) is 5.78. The summed E-state index contributed by atoms with van der Waals surface area (Å²) in [4.78, 5) is 8.34. The van der Waals surface area contributed by atoms with Gasteiger partial charge < -0.3 is 0 Å². The van der Waals surface area contributed by atoms with Crippen molar-refractivity contribution in [3.8, 4) is 0 Å². The van der Waals surface area contributed by atoms with Gasteiger partial charge in [0.2, 0.25) is 0 Å². The Balaban J connectivity index is 2.46. The summed E-state index contributed by atoms with van der Waals surface area (Å²) in [6, 6.07) is 3.54. The predicted molar refractivity (Wildman–Crippen MR) is 64.3 cm³/mol. The third-order valence-electron chi connectivity index (χ3n) is 1.56. The molecule has 0 aromatic carbocycles. The van der Waals surface area contributed by atoms with Crippen LogP contribution in [0.15, 0.2) is 45.9 Å². The average molecular weight is 238 g/mol. The average Bonchev–Trinajstić information content (AvgIpc) is 2.30. The van der Waals surface area contributed by atoms with Crippen molar-refractivity contribution >= 4 is 28.2 Å². The van der Waals surface area contributed by atoms with Gasteiger partial charge in [0.05, 0.1) is 27.4 Å². The van der Waals surface area contributed by atoms with Crippen molar-refractivity contribution in [2.75, 3.05) is 6.54 Å². The van der Waals surface area contributed by atoms with E-state index in [0.717, 1.165) is 6.42 Å². The number of thiocarbonyl (C=S) groups is 1. The molecule has 1 rings (SSSR count). The van der Waals surface area contributed by atoms with Gasteiger partial charge in [-0.2, -0.15) is 0 Å². The Bertz CT molecular complexity index is 397. The van der Waals surface area contributed by atoms with Crippen molar-refractivity contribution < 1.29 is 4.21 Å². The molecule has 15 heavy (non-hydrogen) atoms. The van der Waals surface area contributed by atoms with Crippen LogP contribution in [0.3, 0.4) is 0 Å². The number of rotatable bonds is 5. The number of aromatic nitrogens is 1. The predicted octanol–water partition coefficient (Wildman–Crippen LogP) is 2.20. The van der Waals surface area contributed by atoms with E-state index < -0.39 is 10.8 Å². The molecule has 1 aromatic rings. The normalized spacial score (nSPS) is 12.3. The van der Waals surface area contributed by atoms with Crippen LogP contribution < -0.4 is 0 Å². The van der Waals surface area contributed by atoms with Crippen LogP contribution in [0.25, 0.3) is 0 Å². The maximum absolute atomic E-state index is 11.6. The molecule has 1 heterocycles. The smallest absolute Gasteiger partial charge is 0.0788 e. The topological polar surface area (TPSA) is 42.3 Å². The second-order valence-electron chi connectivity index (χ2n) is 2.62. The Labute approximate surface area is 96.4 Å². The van der Waals surface area contributed by atoms with E-state index in [-0.39, 0.29) is 0 Å². The van der Waals surface area contributed by atoms with Crippen LogP contribution >= 0.6 is 12.2 Å². The van der Waals surface area contributed by atoms with Gasteiger partial charge in [-0.15, -0.1) is 0 Å². The lowest BCUT2D eigenvalue weighted by molar-refractivity contribution is 0.688. The molecule has 78 valence electrons. The summed E-state index contributed by atoms with van der Waals surface area (Å²) < 4.78 is 11.6. The second kappa shape index (κ2) is 7.17. The van der Waals surface area contributed by atoms with E-state index >= 15 is 0 Å². The monoisotopic (exact) mass is 238 g/mol. The Hall–Kier alpha value is -1.16. The summed E-state index contributed by atoms with van der Waals surface area (Å²) in [5.41, 5.74) is 0. The first-order valence-corrected chi connectivity index (χ1v) is 5.97. The molecule has 0 fully saturated rings. The standard InChI is InChI=1S/C10H10N2OS2/c13-15(7-2-1-5-12-9-14)10-4-3-6-11-8-10/h2-4,6-8H,1,5H2/b7-2+. The van der Waals surface area contributed by atoms with Crippen molar-refractivity contribution in [3.63, 3.8) is 0 Å². The lowest BCUT2D eigenvalue weighted by Gasteiger charge is -1.93. The van der Waals surface area contributed by atoms with Gasteiger partial charge in [0.25, 0.3) is 0 Å². The molecule has 0 N–H and O–H groups in total. The molecule has 1 atom stereocenters. The van der Waals surface area contributed by atoms with Gasteiger partial charge in [0, 0.05) is 17.8 Å². The number of aliphatic imine (C=N–C) groups is 1. The molecule has 1 unspecified atom stereocenters. The van der Waals surface area contributed by atoms with E-state index in [1.54, 1.807) is 29.9 Å². The highest BCUT2D eigenvalue weighted by Gasteiger charge is 1.96. The van der Waals surface area contributed by atoms with Crippen LogP contribution in [0.2, 0.25) is 0 Å². The van der Waals surface area contributed by atoms with E-state index in [1.807, 2.05) is 6.08 Å². The molecule has 1 aromatic heterocycles. The third-order valence-corrected chi connectivity index (χ3v) is 2.83. The fourth-order valence-corrected chi connectivity index (χ4v) is 1.82. The molecule has 0 aliphatic carbocycles. The molecule has 0 saturated carbocycles. The van der Waals surface area contributed by atoms with E-state index in [1.165, 1.54) is 0 Å². The number of isothiocyanates is 1. The molecule has 3 nitrogen and oxygen atoms in total. The van der Waals surface area contributed by atoms with Crippen molar-refractivity contribution in [1.82, 2.24) is 4.98 Å². The van der Waals surface area contributed by atoms with Gasteiger partial charge in [-0.1, -0.05) is 6.08 Å². The van der Waals surface area contributed by atoms with Gasteiger partial charge >= 0.3 is 0 Å². The first-order chi connectivity index (χ1) is 7.34. The Morgan fingerprint density at radius 1 is 1.67 bits per heavy atom. The molecule has 0 aliphatic heterocycles. The van der Waals surface area contributed by atoms with E-state index in [0.29, 0.717) is 11.4 Å². The van der Waals surface area contributed by atoms with Gasteiger partial charge in [0.15, 0.2) is 0 Å². The minimum Gasteiger partial charge on any atom is -0.263 e. The summed E-state index contributed by atoms with van der Waals surface area (Å²) in [7, 11) is -1.12. The van der Waals surface area contributed by atoms with Crippen LogP contribution in [-0.2, 0) is 10.8 Å². The molecule has 5 heteroatoms. The van der Waals surface area contributed by atoms with Crippen LogP contribution in [0.4, 0.5) is 0 Å². The summed E-state index contributed by atoms with van der Waals surface area (Å²) in [5, 5.41) is 3.91. The lowest BCUT2D eigenvalue weighted by Crippen LogP contribution is -1.87. The number of pyridine rings is 1. The first kappa shape index (κ1) is 11.9. The third kappa shape index (κ3) is 4.74. The minimum atomic E-state index is -1.12. The largest absolute Gasteiger partial charge is 0.263 e. The molecular formula is C10H10N2OS2. The maximum atomic E-state index is 11.6. The van der Waals surface area contributed by atoms with Gasteiger partial charge in [-0.05, 0) is 30.8 Å². The zero-order chi connectivity index (χ0) is 10.9. The molecule has 0 radical (unpaired) electrons. The van der Waals surface area contributed by atoms with Crippen LogP contribution in [-0.4, -0.2) is 20.9 Å². The SMILES string of the molecule is O=S(/C=C/CCN=C=S)c1cccnc1. The highest BCUT2D eigenvalue weighted by atomic mass is 32.2. The minimum absolute atomic E-state index is 0.588. The summed E-state index contributed by atoms with van der Waals surface area (Å²) >= 11 is 4.42. The molecule has 0 spiro atoms. The fraction of sp³-hybridized carbons (Fsp3) is 0.200. The van der Waals surface area contributed by atoms with Crippen LogP contribution in [0, 0.1) is 0 Å². The maximum Gasteiger partial charge on any atom is 0.0788 e. The first-order valence-electron chi connectivity index (χ1n) is 4.35. The van der Waals surface area contributed by atoms with E-state index in [2.05, 4.69) is 27.4 Å². The van der Waals surface area contributed by atoms with E-state index in [4.69, 9.17) is 0 Å². The Kier molecular flexibility index (Phi) is 5.70. The van der Waals surface area contributed by atoms with Gasteiger partial charge in [0.1, 0.15) is 0 Å². The highest BCUT2D eigenvalue weighted by Crippen LogP contribution is 2.04. The van der Waals surface area contributed by atoms with Crippen molar-refractivity contribution in [3.05, 3.63) is 36.0 Å². The van der Waals surface area contributed by atoms with Gasteiger partial charge in [-0.3, -0.25) is 4.98 Å². The molecule has 0 amide bonds. The molecular weight excluding hydrogens is 228 g/mol. The zero-order valence-electron chi connectivity index (χ0n) is 8.00.